The Bertz CT molecular complexity index is 1980. The second kappa shape index (κ2) is 13.6. The first-order valence-corrected chi connectivity index (χ1v) is 17.8. The van der Waals surface area contributed by atoms with Crippen LogP contribution in [0.5, 0.6) is 0 Å². The van der Waals surface area contributed by atoms with Crippen LogP contribution in [0, 0.1) is 17.9 Å². The maximum absolute atomic E-state index is 12.8. The molecule has 7 aromatic rings. The molecule has 0 aliphatic heterocycles. The Morgan fingerprint density at radius 3 is 2.27 bits per heavy atom. The largest absolute Gasteiger partial charge is 0.501 e. The molecule has 0 spiro atoms. The van der Waals surface area contributed by atoms with Crippen LogP contribution >= 0.6 is 0 Å². The molecule has 0 aliphatic carbocycles. The number of nitrogens with zero attached hydrogens (tertiary/aromatic N) is 2. The fourth-order valence-corrected chi connectivity index (χ4v) is 6.03. The standard InChI is InChI=1S/C24H16NO.C14H15FNSi.Ir/c1-2-7-17(8-3-1)15-18-13-14-25-22(16-18)21-11-6-10-20-19-9-4-5-12-23(19)26-24(20)21;1-17(2,3)13-8-9-14(16-10-13)11-4-6-12(15)7-5-11;/h1-10,12-14,16H,15H2;4,6-10H,1-3H3;/q2*-1;. The topological polar surface area (TPSA) is 38.9 Å². The van der Waals surface area contributed by atoms with E-state index in [0.717, 1.165) is 50.9 Å². The van der Waals surface area contributed by atoms with Crippen molar-refractivity contribution in [1.82, 2.24) is 9.97 Å². The average molecular weight is 771 g/mol. The van der Waals surface area contributed by atoms with Crippen molar-refractivity contribution in [3.05, 3.63) is 151 Å². The van der Waals surface area contributed by atoms with Crippen LogP contribution in [0.4, 0.5) is 4.39 Å². The fourth-order valence-electron chi connectivity index (χ4n) is 5.00. The molecule has 0 saturated heterocycles. The van der Waals surface area contributed by atoms with E-state index < -0.39 is 8.07 Å². The molecular weight excluding hydrogens is 740 g/mol. The van der Waals surface area contributed by atoms with Gasteiger partial charge in [-0.05, 0) is 46.3 Å². The van der Waals surface area contributed by atoms with E-state index in [1.165, 1.54) is 28.4 Å². The van der Waals surface area contributed by atoms with Gasteiger partial charge in [0.2, 0.25) is 0 Å². The van der Waals surface area contributed by atoms with Gasteiger partial charge in [0.25, 0.3) is 0 Å². The minimum atomic E-state index is -1.30. The Kier molecular flexibility index (Phi) is 9.65. The zero-order chi connectivity index (χ0) is 29.8. The number of hydrogen-bond donors (Lipinski definition) is 0. The van der Waals surface area contributed by atoms with Crippen LogP contribution in [-0.4, -0.2) is 18.0 Å². The molecular formula is C38H31FIrN2OSi-2. The van der Waals surface area contributed by atoms with Crippen LogP contribution in [0.15, 0.2) is 126 Å². The SMILES string of the molecule is C[Si](C)(C)c1ccc(-c2[c-]cc(F)cc2)nc1.[Ir].[c-]1ccc2c(oc3ccccc32)c1-c1cc(Cc2ccccc2)ccn1. The van der Waals surface area contributed by atoms with Gasteiger partial charge in [-0.25, -0.2) is 0 Å². The molecule has 0 amide bonds. The number of rotatable bonds is 5. The molecule has 7 rings (SSSR count). The molecule has 0 saturated carbocycles. The fraction of sp³-hybridized carbons (Fsp3) is 0.105. The van der Waals surface area contributed by atoms with E-state index in [4.69, 9.17) is 4.42 Å². The molecule has 0 atom stereocenters. The quantitative estimate of drug-likeness (QED) is 0.130. The van der Waals surface area contributed by atoms with Crippen LogP contribution in [0.2, 0.25) is 19.6 Å². The maximum atomic E-state index is 12.8. The Hall–Kier alpha value is -4.22. The second-order valence-corrected chi connectivity index (χ2v) is 16.6. The van der Waals surface area contributed by atoms with E-state index >= 15 is 0 Å². The Balaban J connectivity index is 0.000000187. The molecule has 4 aromatic carbocycles. The van der Waals surface area contributed by atoms with Crippen LogP contribution in [0.25, 0.3) is 44.5 Å². The number of benzene rings is 4. The molecule has 0 unspecified atom stereocenters. The number of furan rings is 1. The predicted molar refractivity (Wildman–Crippen MR) is 176 cm³/mol. The van der Waals surface area contributed by atoms with E-state index in [1.54, 1.807) is 6.07 Å². The summed E-state index contributed by atoms with van der Waals surface area (Å²) in [6.07, 6.45) is 4.67. The first-order chi connectivity index (χ1) is 20.8. The first-order valence-electron chi connectivity index (χ1n) is 14.3. The number of para-hydroxylation sites is 1. The summed E-state index contributed by atoms with van der Waals surface area (Å²) in [4.78, 5) is 9.01. The maximum Gasteiger partial charge on any atom is 0.120 e. The van der Waals surface area contributed by atoms with Gasteiger partial charge >= 0.3 is 0 Å². The van der Waals surface area contributed by atoms with E-state index in [2.05, 4.69) is 96.3 Å². The Morgan fingerprint density at radius 2 is 1.55 bits per heavy atom. The molecule has 3 heterocycles. The zero-order valence-corrected chi connectivity index (χ0v) is 28.2. The molecule has 0 N–H and O–H groups in total. The van der Waals surface area contributed by atoms with Crippen molar-refractivity contribution < 1.29 is 28.9 Å². The summed E-state index contributed by atoms with van der Waals surface area (Å²) in [6, 6.07) is 41.6. The number of halogens is 1. The summed E-state index contributed by atoms with van der Waals surface area (Å²) in [5.74, 6) is -0.271. The van der Waals surface area contributed by atoms with Crippen molar-refractivity contribution in [2.24, 2.45) is 0 Å². The molecule has 1 radical (unpaired) electrons. The number of pyridine rings is 2. The van der Waals surface area contributed by atoms with Gasteiger partial charge in [0.05, 0.1) is 13.7 Å². The van der Waals surface area contributed by atoms with Gasteiger partial charge in [0, 0.05) is 43.7 Å². The molecule has 6 heteroatoms. The van der Waals surface area contributed by atoms with Gasteiger partial charge in [0.15, 0.2) is 0 Å². The van der Waals surface area contributed by atoms with E-state index in [9.17, 15) is 4.39 Å². The van der Waals surface area contributed by atoms with Crippen molar-refractivity contribution in [1.29, 1.82) is 0 Å². The summed E-state index contributed by atoms with van der Waals surface area (Å²) in [6.45, 7) is 6.86. The van der Waals surface area contributed by atoms with Gasteiger partial charge in [-0.15, -0.1) is 48.0 Å². The summed E-state index contributed by atoms with van der Waals surface area (Å²) >= 11 is 0. The number of fused-ring (bicyclic) bond motifs is 3. The van der Waals surface area contributed by atoms with Gasteiger partial charge in [-0.1, -0.05) is 97.3 Å². The summed E-state index contributed by atoms with van der Waals surface area (Å²) in [5, 5.41) is 3.55. The van der Waals surface area contributed by atoms with Crippen molar-refractivity contribution in [3.63, 3.8) is 0 Å². The summed E-state index contributed by atoms with van der Waals surface area (Å²) in [5.41, 5.74) is 7.72. The van der Waals surface area contributed by atoms with Gasteiger partial charge in [0.1, 0.15) is 5.58 Å². The predicted octanol–water partition coefficient (Wildman–Crippen LogP) is 9.27. The van der Waals surface area contributed by atoms with Crippen LogP contribution < -0.4 is 5.19 Å². The van der Waals surface area contributed by atoms with Crippen molar-refractivity contribution in [2.75, 3.05) is 0 Å². The minimum Gasteiger partial charge on any atom is -0.501 e. The molecule has 3 nitrogen and oxygen atoms in total. The van der Waals surface area contributed by atoms with Gasteiger partial charge in [-0.3, -0.25) is 4.39 Å². The van der Waals surface area contributed by atoms with Crippen LogP contribution in [-0.2, 0) is 26.5 Å². The third-order valence-corrected chi connectivity index (χ3v) is 9.38. The van der Waals surface area contributed by atoms with E-state index in [1.807, 2.05) is 48.8 Å². The molecule has 0 fully saturated rings. The third-order valence-electron chi connectivity index (χ3n) is 7.35. The van der Waals surface area contributed by atoms with Gasteiger partial charge < -0.3 is 14.4 Å². The number of aromatic nitrogens is 2. The zero-order valence-electron chi connectivity index (χ0n) is 24.8. The van der Waals surface area contributed by atoms with Crippen molar-refractivity contribution in [2.45, 2.75) is 26.1 Å². The number of hydrogen-bond acceptors (Lipinski definition) is 3. The molecule has 0 bridgehead atoms. The average Bonchev–Trinajstić information content (AvgIpc) is 3.41. The van der Waals surface area contributed by atoms with Crippen LogP contribution in [0.1, 0.15) is 11.1 Å². The minimum absolute atomic E-state index is 0. The molecule has 44 heavy (non-hydrogen) atoms. The van der Waals surface area contributed by atoms with Crippen molar-refractivity contribution >= 4 is 35.2 Å². The normalized spacial score (nSPS) is 11.1. The monoisotopic (exact) mass is 771 g/mol. The van der Waals surface area contributed by atoms with Crippen LogP contribution in [0.3, 0.4) is 0 Å². The van der Waals surface area contributed by atoms with E-state index in [-0.39, 0.29) is 25.9 Å². The molecule has 0 aliphatic rings. The Morgan fingerprint density at radius 1 is 0.750 bits per heavy atom. The summed E-state index contributed by atoms with van der Waals surface area (Å²) in [7, 11) is -1.30. The smallest absolute Gasteiger partial charge is 0.120 e. The Labute approximate surface area is 272 Å². The first kappa shape index (κ1) is 31.2. The third kappa shape index (κ3) is 7.11. The summed E-state index contributed by atoms with van der Waals surface area (Å²) < 4.78 is 18.9. The molecule has 221 valence electrons. The van der Waals surface area contributed by atoms with Gasteiger partial charge in [-0.2, -0.15) is 0 Å². The second-order valence-electron chi connectivity index (χ2n) is 11.5. The van der Waals surface area contributed by atoms with E-state index in [0.29, 0.717) is 0 Å². The van der Waals surface area contributed by atoms with Crippen molar-refractivity contribution in [3.8, 4) is 22.5 Å². The molecule has 3 aromatic heterocycles.